The van der Waals surface area contributed by atoms with Gasteiger partial charge in [-0.05, 0) is 44.1 Å². The third kappa shape index (κ3) is 2.71. The molecule has 1 heterocycles. The molecule has 14 heavy (non-hydrogen) atoms. The van der Waals surface area contributed by atoms with Crippen LogP contribution in [0.4, 0.5) is 0 Å². The van der Waals surface area contributed by atoms with Gasteiger partial charge in [0, 0.05) is 19.7 Å². The average Bonchev–Trinajstić information content (AvgIpc) is 2.71. The van der Waals surface area contributed by atoms with Gasteiger partial charge < -0.3 is 10.0 Å². The predicted octanol–water partition coefficient (Wildman–Crippen LogP) is 1.88. The first-order valence-electron chi connectivity index (χ1n) is 6.21. The first kappa shape index (κ1) is 10.4. The van der Waals surface area contributed by atoms with Crippen LogP contribution < -0.4 is 0 Å². The Bertz CT molecular complexity index is 166. The molecule has 2 aliphatic rings. The Morgan fingerprint density at radius 3 is 2.43 bits per heavy atom. The summed E-state index contributed by atoms with van der Waals surface area (Å²) < 4.78 is 0. The van der Waals surface area contributed by atoms with Crippen LogP contribution in [-0.2, 0) is 0 Å². The second-order valence-electron chi connectivity index (χ2n) is 5.10. The second-order valence-corrected chi connectivity index (χ2v) is 5.10. The highest BCUT2D eigenvalue weighted by Crippen LogP contribution is 2.27. The van der Waals surface area contributed by atoms with Gasteiger partial charge in [0.15, 0.2) is 0 Å². The van der Waals surface area contributed by atoms with Crippen molar-refractivity contribution in [2.45, 2.75) is 38.5 Å². The molecule has 2 heteroatoms. The monoisotopic (exact) mass is 197 g/mol. The lowest BCUT2D eigenvalue weighted by molar-refractivity contribution is 0.108. The van der Waals surface area contributed by atoms with Crippen molar-refractivity contribution in [1.29, 1.82) is 0 Å². The standard InChI is InChI=1S/C12H23NO/c14-10-12-6-3-7-13(9-12)8-11-4-1-2-5-11/h11-12,14H,1-10H2. The van der Waals surface area contributed by atoms with Crippen molar-refractivity contribution in [2.75, 3.05) is 26.2 Å². The van der Waals surface area contributed by atoms with Crippen molar-refractivity contribution in [3.63, 3.8) is 0 Å². The summed E-state index contributed by atoms with van der Waals surface area (Å²) in [6.45, 7) is 4.11. The summed E-state index contributed by atoms with van der Waals surface area (Å²) in [7, 11) is 0. The van der Waals surface area contributed by atoms with Gasteiger partial charge in [-0.1, -0.05) is 12.8 Å². The van der Waals surface area contributed by atoms with Crippen molar-refractivity contribution in [3.05, 3.63) is 0 Å². The fourth-order valence-corrected chi connectivity index (χ4v) is 3.02. The van der Waals surface area contributed by atoms with Crippen molar-refractivity contribution in [1.82, 2.24) is 4.90 Å². The van der Waals surface area contributed by atoms with E-state index in [0.29, 0.717) is 12.5 Å². The molecule has 1 unspecified atom stereocenters. The number of aliphatic hydroxyl groups excluding tert-OH is 1. The lowest BCUT2D eigenvalue weighted by Gasteiger charge is -2.33. The number of hydrogen-bond donors (Lipinski definition) is 1. The van der Waals surface area contributed by atoms with Gasteiger partial charge in [-0.3, -0.25) is 0 Å². The normalized spacial score (nSPS) is 31.1. The van der Waals surface area contributed by atoms with Crippen LogP contribution in [-0.4, -0.2) is 36.2 Å². The molecule has 2 nitrogen and oxygen atoms in total. The van der Waals surface area contributed by atoms with E-state index in [-0.39, 0.29) is 0 Å². The minimum Gasteiger partial charge on any atom is -0.396 e. The minimum absolute atomic E-state index is 0.390. The summed E-state index contributed by atoms with van der Waals surface area (Å²) in [5.74, 6) is 1.53. The molecule has 0 spiro atoms. The van der Waals surface area contributed by atoms with Crippen LogP contribution in [0.5, 0.6) is 0 Å². The van der Waals surface area contributed by atoms with Crippen LogP contribution in [0.2, 0.25) is 0 Å². The minimum atomic E-state index is 0.390. The van der Waals surface area contributed by atoms with Gasteiger partial charge in [0.2, 0.25) is 0 Å². The summed E-state index contributed by atoms with van der Waals surface area (Å²) >= 11 is 0. The highest BCUT2D eigenvalue weighted by molar-refractivity contribution is 4.77. The Labute approximate surface area is 87.3 Å². The fourth-order valence-electron chi connectivity index (χ4n) is 3.02. The van der Waals surface area contributed by atoms with Crippen molar-refractivity contribution < 1.29 is 5.11 Å². The van der Waals surface area contributed by atoms with Gasteiger partial charge in [0.1, 0.15) is 0 Å². The van der Waals surface area contributed by atoms with Crippen LogP contribution >= 0.6 is 0 Å². The Morgan fingerprint density at radius 1 is 1.00 bits per heavy atom. The summed E-state index contributed by atoms with van der Waals surface area (Å²) in [6, 6.07) is 0. The molecular formula is C12H23NO. The molecular weight excluding hydrogens is 174 g/mol. The number of hydrogen-bond acceptors (Lipinski definition) is 2. The molecule has 1 aliphatic heterocycles. The van der Waals surface area contributed by atoms with E-state index in [1.165, 1.54) is 51.6 Å². The zero-order chi connectivity index (χ0) is 9.80. The third-order valence-electron chi connectivity index (χ3n) is 3.85. The molecule has 1 saturated carbocycles. The number of aliphatic hydroxyl groups is 1. The van der Waals surface area contributed by atoms with E-state index in [9.17, 15) is 0 Å². The Kier molecular flexibility index (Phi) is 3.82. The molecule has 1 N–H and O–H groups in total. The van der Waals surface area contributed by atoms with Gasteiger partial charge in [-0.25, -0.2) is 0 Å². The largest absolute Gasteiger partial charge is 0.396 e. The van der Waals surface area contributed by atoms with Crippen LogP contribution in [0.15, 0.2) is 0 Å². The molecule has 1 atom stereocenters. The molecule has 0 aromatic heterocycles. The molecule has 2 rings (SSSR count). The van der Waals surface area contributed by atoms with E-state index < -0.39 is 0 Å². The zero-order valence-corrected chi connectivity index (χ0v) is 9.12. The Morgan fingerprint density at radius 2 is 1.71 bits per heavy atom. The van der Waals surface area contributed by atoms with E-state index in [1.807, 2.05) is 0 Å². The molecule has 0 amide bonds. The highest BCUT2D eigenvalue weighted by atomic mass is 16.3. The smallest absolute Gasteiger partial charge is 0.0471 e. The van der Waals surface area contributed by atoms with E-state index in [0.717, 1.165) is 12.5 Å². The highest BCUT2D eigenvalue weighted by Gasteiger charge is 2.23. The lowest BCUT2D eigenvalue weighted by Crippen LogP contribution is -2.39. The molecule has 1 aliphatic carbocycles. The van der Waals surface area contributed by atoms with Gasteiger partial charge in [-0.15, -0.1) is 0 Å². The van der Waals surface area contributed by atoms with E-state index in [4.69, 9.17) is 5.11 Å². The Balaban J connectivity index is 1.73. The van der Waals surface area contributed by atoms with Gasteiger partial charge in [-0.2, -0.15) is 0 Å². The maximum atomic E-state index is 9.14. The number of piperidine rings is 1. The van der Waals surface area contributed by atoms with Crippen molar-refractivity contribution in [2.24, 2.45) is 11.8 Å². The van der Waals surface area contributed by atoms with E-state index >= 15 is 0 Å². The molecule has 0 radical (unpaired) electrons. The second kappa shape index (κ2) is 5.13. The number of nitrogens with zero attached hydrogens (tertiary/aromatic N) is 1. The maximum absolute atomic E-state index is 9.14. The zero-order valence-electron chi connectivity index (χ0n) is 9.12. The molecule has 1 saturated heterocycles. The topological polar surface area (TPSA) is 23.5 Å². The van der Waals surface area contributed by atoms with Crippen LogP contribution in [0.1, 0.15) is 38.5 Å². The Hall–Kier alpha value is -0.0800. The molecule has 82 valence electrons. The molecule has 2 fully saturated rings. The number of rotatable bonds is 3. The van der Waals surface area contributed by atoms with Gasteiger partial charge in [0.05, 0.1) is 0 Å². The van der Waals surface area contributed by atoms with Crippen LogP contribution in [0, 0.1) is 11.8 Å². The lowest BCUT2D eigenvalue weighted by atomic mass is 9.97. The third-order valence-corrected chi connectivity index (χ3v) is 3.85. The first-order valence-corrected chi connectivity index (χ1v) is 6.21. The summed E-state index contributed by atoms with van der Waals surface area (Å²) in [6.07, 6.45) is 8.31. The van der Waals surface area contributed by atoms with Crippen molar-refractivity contribution >= 4 is 0 Å². The predicted molar refractivity (Wildman–Crippen MR) is 58.2 cm³/mol. The maximum Gasteiger partial charge on any atom is 0.0471 e. The van der Waals surface area contributed by atoms with Crippen molar-refractivity contribution in [3.8, 4) is 0 Å². The average molecular weight is 197 g/mol. The first-order chi connectivity index (χ1) is 6.88. The molecule has 0 aromatic carbocycles. The number of likely N-dealkylation sites (tertiary alicyclic amines) is 1. The van der Waals surface area contributed by atoms with E-state index in [2.05, 4.69) is 4.90 Å². The van der Waals surface area contributed by atoms with Crippen LogP contribution in [0.3, 0.4) is 0 Å². The fraction of sp³-hybridized carbons (Fsp3) is 1.00. The summed E-state index contributed by atoms with van der Waals surface area (Å²) in [4.78, 5) is 2.58. The summed E-state index contributed by atoms with van der Waals surface area (Å²) in [5.41, 5.74) is 0. The van der Waals surface area contributed by atoms with E-state index in [1.54, 1.807) is 0 Å². The van der Waals surface area contributed by atoms with Crippen LogP contribution in [0.25, 0.3) is 0 Å². The van der Waals surface area contributed by atoms with Gasteiger partial charge >= 0.3 is 0 Å². The van der Waals surface area contributed by atoms with Gasteiger partial charge in [0.25, 0.3) is 0 Å². The quantitative estimate of drug-likeness (QED) is 0.746. The molecule has 0 aromatic rings. The summed E-state index contributed by atoms with van der Waals surface area (Å²) in [5, 5.41) is 9.14. The molecule has 0 bridgehead atoms. The SMILES string of the molecule is OCC1CCCN(CC2CCCC2)C1.